The molecule has 0 N–H and O–H groups in total. The van der Waals surface area contributed by atoms with E-state index in [0.29, 0.717) is 26.2 Å². The standard InChI is InChI=1S/C23H29NO4S/c1-3-26-21(23(25)27-4-2)17-18-9-11-19(12-10-18)28-15-13-24-14-16-29-22-8-6-5-7-20(22)24/h5-12,21H,3-4,13-17H2,1-2H3/t21-/m1/s1. The van der Waals surface area contributed by atoms with Crippen LogP contribution in [0, 0.1) is 0 Å². The molecule has 5 nitrogen and oxygen atoms in total. The monoisotopic (exact) mass is 415 g/mol. The number of nitrogens with zero attached hydrogens (tertiary/aromatic N) is 1. The molecule has 0 amide bonds. The van der Waals surface area contributed by atoms with E-state index in [1.54, 1.807) is 6.92 Å². The second-order valence-electron chi connectivity index (χ2n) is 6.70. The quantitative estimate of drug-likeness (QED) is 0.543. The molecule has 0 aromatic heterocycles. The summed E-state index contributed by atoms with van der Waals surface area (Å²) in [5, 5.41) is 0. The van der Waals surface area contributed by atoms with Crippen LogP contribution in [0.2, 0.25) is 0 Å². The van der Waals surface area contributed by atoms with Crippen LogP contribution in [0.4, 0.5) is 5.69 Å². The van der Waals surface area contributed by atoms with Gasteiger partial charge in [0.1, 0.15) is 12.4 Å². The van der Waals surface area contributed by atoms with Crippen LogP contribution in [0.1, 0.15) is 19.4 Å². The van der Waals surface area contributed by atoms with Gasteiger partial charge in [0.15, 0.2) is 6.10 Å². The summed E-state index contributed by atoms with van der Waals surface area (Å²) in [5.41, 5.74) is 2.31. The van der Waals surface area contributed by atoms with Gasteiger partial charge in [0, 0.05) is 30.2 Å². The smallest absolute Gasteiger partial charge is 0.335 e. The average Bonchev–Trinajstić information content (AvgIpc) is 2.75. The van der Waals surface area contributed by atoms with Gasteiger partial charge in [-0.3, -0.25) is 0 Å². The fraction of sp³-hybridized carbons (Fsp3) is 0.435. The van der Waals surface area contributed by atoms with Crippen molar-refractivity contribution in [3.8, 4) is 5.75 Å². The summed E-state index contributed by atoms with van der Waals surface area (Å²) in [7, 11) is 0. The Bertz CT molecular complexity index is 781. The van der Waals surface area contributed by atoms with E-state index in [2.05, 4.69) is 29.2 Å². The van der Waals surface area contributed by atoms with Crippen LogP contribution in [-0.2, 0) is 20.7 Å². The van der Waals surface area contributed by atoms with Crippen molar-refractivity contribution in [2.24, 2.45) is 0 Å². The summed E-state index contributed by atoms with van der Waals surface area (Å²) in [6, 6.07) is 16.4. The van der Waals surface area contributed by atoms with E-state index >= 15 is 0 Å². The molecule has 0 bridgehead atoms. The molecule has 156 valence electrons. The molecule has 0 fully saturated rings. The molecule has 1 heterocycles. The van der Waals surface area contributed by atoms with Gasteiger partial charge in [-0.15, -0.1) is 11.8 Å². The minimum atomic E-state index is -0.566. The van der Waals surface area contributed by atoms with Gasteiger partial charge >= 0.3 is 5.97 Å². The Morgan fingerprint density at radius 3 is 2.66 bits per heavy atom. The van der Waals surface area contributed by atoms with Crippen LogP contribution in [0.15, 0.2) is 53.4 Å². The van der Waals surface area contributed by atoms with Gasteiger partial charge in [-0.05, 0) is 43.7 Å². The van der Waals surface area contributed by atoms with E-state index in [0.717, 1.165) is 30.2 Å². The van der Waals surface area contributed by atoms with Gasteiger partial charge in [0.25, 0.3) is 0 Å². The molecule has 0 unspecified atom stereocenters. The Morgan fingerprint density at radius 2 is 1.90 bits per heavy atom. The normalized spacial score (nSPS) is 14.2. The third-order valence-corrected chi connectivity index (χ3v) is 5.76. The Balaban J connectivity index is 1.50. The zero-order valence-corrected chi connectivity index (χ0v) is 18.0. The maximum Gasteiger partial charge on any atom is 0.335 e. The highest BCUT2D eigenvalue weighted by molar-refractivity contribution is 7.99. The molecule has 0 radical (unpaired) electrons. The molecule has 29 heavy (non-hydrogen) atoms. The average molecular weight is 416 g/mol. The molecule has 0 saturated carbocycles. The van der Waals surface area contributed by atoms with Gasteiger partial charge in [0.2, 0.25) is 0 Å². The van der Waals surface area contributed by atoms with Crippen molar-refractivity contribution in [2.45, 2.75) is 31.3 Å². The van der Waals surface area contributed by atoms with Gasteiger partial charge < -0.3 is 19.1 Å². The number of benzene rings is 2. The first-order chi connectivity index (χ1) is 14.2. The molecule has 1 aliphatic rings. The molecular formula is C23H29NO4S. The van der Waals surface area contributed by atoms with Crippen LogP contribution < -0.4 is 9.64 Å². The summed E-state index contributed by atoms with van der Waals surface area (Å²) in [6.45, 7) is 7.03. The highest BCUT2D eigenvalue weighted by atomic mass is 32.2. The number of carbonyl (C=O) groups is 1. The predicted molar refractivity (Wildman–Crippen MR) is 117 cm³/mol. The van der Waals surface area contributed by atoms with Crippen LogP contribution in [-0.4, -0.2) is 50.7 Å². The van der Waals surface area contributed by atoms with Crippen molar-refractivity contribution in [1.82, 2.24) is 0 Å². The second kappa shape index (κ2) is 11.1. The van der Waals surface area contributed by atoms with Crippen LogP contribution in [0.5, 0.6) is 5.75 Å². The van der Waals surface area contributed by atoms with Crippen molar-refractivity contribution < 1.29 is 19.0 Å². The molecule has 2 aromatic carbocycles. The Hall–Kier alpha value is -2.18. The predicted octanol–water partition coefficient (Wildman–Crippen LogP) is 4.19. The largest absolute Gasteiger partial charge is 0.492 e. The fourth-order valence-corrected chi connectivity index (χ4v) is 4.37. The molecule has 1 atom stereocenters. The third kappa shape index (κ3) is 6.15. The minimum Gasteiger partial charge on any atom is -0.492 e. The van der Waals surface area contributed by atoms with E-state index in [1.165, 1.54) is 10.6 Å². The number of rotatable bonds is 10. The third-order valence-electron chi connectivity index (χ3n) is 4.72. The zero-order chi connectivity index (χ0) is 20.5. The molecule has 6 heteroatoms. The first-order valence-corrected chi connectivity index (χ1v) is 11.2. The minimum absolute atomic E-state index is 0.311. The lowest BCUT2D eigenvalue weighted by atomic mass is 10.1. The number of ether oxygens (including phenoxy) is 3. The maximum atomic E-state index is 12.0. The van der Waals surface area contributed by atoms with Crippen LogP contribution in [0.3, 0.4) is 0 Å². The lowest BCUT2D eigenvalue weighted by molar-refractivity contribution is -0.156. The highest BCUT2D eigenvalue weighted by Crippen LogP contribution is 2.33. The van der Waals surface area contributed by atoms with E-state index in [-0.39, 0.29) is 5.97 Å². The fourth-order valence-electron chi connectivity index (χ4n) is 3.32. The molecule has 1 aliphatic heterocycles. The van der Waals surface area contributed by atoms with Crippen molar-refractivity contribution in [1.29, 1.82) is 0 Å². The second-order valence-corrected chi connectivity index (χ2v) is 7.83. The number of hydrogen-bond acceptors (Lipinski definition) is 6. The summed E-state index contributed by atoms with van der Waals surface area (Å²) in [5.74, 6) is 1.62. The van der Waals surface area contributed by atoms with Crippen molar-refractivity contribution in [3.63, 3.8) is 0 Å². The SMILES string of the molecule is CCOC(=O)[C@@H](Cc1ccc(OCCN2CCSc3ccccc32)cc1)OCC. The number of anilines is 1. The summed E-state index contributed by atoms with van der Waals surface area (Å²) >= 11 is 1.91. The van der Waals surface area contributed by atoms with E-state index < -0.39 is 6.10 Å². The summed E-state index contributed by atoms with van der Waals surface area (Å²) in [4.78, 5) is 15.7. The number of carbonyl (C=O) groups excluding carboxylic acids is 1. The zero-order valence-electron chi connectivity index (χ0n) is 17.1. The molecule has 0 aliphatic carbocycles. The van der Waals surface area contributed by atoms with E-state index in [4.69, 9.17) is 14.2 Å². The Morgan fingerprint density at radius 1 is 1.10 bits per heavy atom. The number of fused-ring (bicyclic) bond motifs is 1. The number of thioether (sulfide) groups is 1. The maximum absolute atomic E-state index is 12.0. The first kappa shape index (κ1) is 21.5. The lowest BCUT2D eigenvalue weighted by Crippen LogP contribution is -2.33. The molecule has 0 saturated heterocycles. The molecule has 3 rings (SSSR count). The summed E-state index contributed by atoms with van der Waals surface area (Å²) in [6.07, 6.45) is -0.0707. The van der Waals surface area contributed by atoms with Crippen LogP contribution in [0.25, 0.3) is 0 Å². The van der Waals surface area contributed by atoms with Gasteiger partial charge in [-0.1, -0.05) is 24.3 Å². The van der Waals surface area contributed by atoms with E-state index in [9.17, 15) is 4.79 Å². The van der Waals surface area contributed by atoms with Crippen molar-refractivity contribution in [2.75, 3.05) is 43.6 Å². The van der Waals surface area contributed by atoms with Gasteiger partial charge in [-0.2, -0.15) is 0 Å². The summed E-state index contributed by atoms with van der Waals surface area (Å²) < 4.78 is 16.6. The van der Waals surface area contributed by atoms with Gasteiger partial charge in [-0.25, -0.2) is 4.79 Å². The first-order valence-electron chi connectivity index (χ1n) is 10.2. The number of para-hydroxylation sites is 1. The molecule has 0 spiro atoms. The van der Waals surface area contributed by atoms with Crippen LogP contribution >= 0.6 is 11.8 Å². The Kier molecular flexibility index (Phi) is 8.25. The highest BCUT2D eigenvalue weighted by Gasteiger charge is 2.20. The van der Waals surface area contributed by atoms with Gasteiger partial charge in [0.05, 0.1) is 18.8 Å². The van der Waals surface area contributed by atoms with Crippen molar-refractivity contribution >= 4 is 23.4 Å². The number of esters is 1. The topological polar surface area (TPSA) is 48.0 Å². The lowest BCUT2D eigenvalue weighted by Gasteiger charge is -2.30. The molecular weight excluding hydrogens is 386 g/mol. The number of hydrogen-bond donors (Lipinski definition) is 0. The van der Waals surface area contributed by atoms with E-state index in [1.807, 2.05) is 43.0 Å². The van der Waals surface area contributed by atoms with Crippen molar-refractivity contribution in [3.05, 3.63) is 54.1 Å². The Labute approximate surface area is 177 Å². The molecule has 2 aromatic rings.